The van der Waals surface area contributed by atoms with Gasteiger partial charge in [-0.05, 0) is 173 Å². The number of benzene rings is 14. The van der Waals surface area contributed by atoms with Crippen molar-refractivity contribution in [1.29, 1.82) is 0 Å². The van der Waals surface area contributed by atoms with Crippen molar-refractivity contribution in [3.8, 4) is 66.8 Å². The Morgan fingerprint density at radius 1 is 0.234 bits per heavy atom. The van der Waals surface area contributed by atoms with Crippen molar-refractivity contribution in [2.24, 2.45) is 0 Å². The average molecular weight is 1210 g/mol. The third kappa shape index (κ3) is 8.87. The van der Waals surface area contributed by atoms with Crippen LogP contribution >= 0.6 is 0 Å². The third-order valence-electron chi connectivity index (χ3n) is 19.7. The van der Waals surface area contributed by atoms with Crippen LogP contribution in [0.1, 0.15) is 63.8 Å². The second-order valence-corrected chi connectivity index (χ2v) is 27.5. The number of furan rings is 2. The molecule has 0 spiro atoms. The Hall–Kier alpha value is -11.2. The predicted molar refractivity (Wildman–Crippen MR) is 398 cm³/mol. The molecular weight excluding hydrogens is 1140 g/mol. The Balaban J connectivity index is 0.998. The molecule has 4 nitrogen and oxygen atoms in total. The number of hydrogen-bond donors (Lipinski definition) is 0. The molecule has 14 aromatic carbocycles. The van der Waals surface area contributed by atoms with Crippen LogP contribution in [-0.4, -0.2) is 0 Å². The molecule has 0 saturated heterocycles. The topological polar surface area (TPSA) is 32.8 Å². The van der Waals surface area contributed by atoms with Gasteiger partial charge in [0.25, 0.3) is 0 Å². The van der Waals surface area contributed by atoms with E-state index in [0.717, 1.165) is 122 Å². The zero-order chi connectivity index (χ0) is 63.7. The lowest BCUT2D eigenvalue weighted by atomic mass is 9.65. The maximum atomic E-state index is 7.26. The first-order chi connectivity index (χ1) is 45.8. The Bertz CT molecular complexity index is 5350. The lowest BCUT2D eigenvalue weighted by molar-refractivity contribution is 0.572. The SMILES string of the molecule is Cc1ccccc1N(c1ccc2c(-c3ccccc3)c3c(c(-c4ccccc4)c2c1)-c1c-3c(-c2ccccc2)c2ccc(N(c3ccccc3C)c3cccc4c3oc3c(C(C)(C)C)cccc34)cc2c1-c1ccccc1)c1cccc2c1oc1c(C(C)(C)C)cccc12. The van der Waals surface area contributed by atoms with Gasteiger partial charge in [0.05, 0.1) is 11.4 Å². The molecule has 0 atom stereocenters. The van der Waals surface area contributed by atoms with Gasteiger partial charge in [-0.15, -0.1) is 0 Å². The van der Waals surface area contributed by atoms with E-state index in [1.807, 2.05) is 0 Å². The summed E-state index contributed by atoms with van der Waals surface area (Å²) in [6, 6.07) is 103. The molecule has 94 heavy (non-hydrogen) atoms. The summed E-state index contributed by atoms with van der Waals surface area (Å²) in [4.78, 5) is 4.88. The summed E-state index contributed by atoms with van der Waals surface area (Å²) in [5.41, 5.74) is 28.6. The molecule has 0 saturated carbocycles. The Morgan fingerprint density at radius 2 is 0.521 bits per heavy atom. The highest BCUT2D eigenvalue weighted by atomic mass is 16.3. The Morgan fingerprint density at radius 3 is 0.851 bits per heavy atom. The quantitative estimate of drug-likeness (QED) is 0.137. The van der Waals surface area contributed by atoms with Crippen molar-refractivity contribution in [1.82, 2.24) is 0 Å². The molecule has 0 radical (unpaired) electrons. The molecule has 1 aliphatic rings. The van der Waals surface area contributed by atoms with Gasteiger partial charge in [-0.1, -0.05) is 272 Å². The summed E-state index contributed by atoms with van der Waals surface area (Å²) in [5, 5.41) is 9.10. The fraction of sp³-hybridized carbons (Fsp3) is 0.111. The van der Waals surface area contributed by atoms with Crippen molar-refractivity contribution in [3.05, 3.63) is 301 Å². The van der Waals surface area contributed by atoms with Crippen LogP contribution in [0.3, 0.4) is 0 Å². The van der Waals surface area contributed by atoms with Crippen LogP contribution in [0.5, 0.6) is 0 Å². The summed E-state index contributed by atoms with van der Waals surface area (Å²) in [5.74, 6) is 0. The van der Waals surface area contributed by atoms with E-state index < -0.39 is 0 Å². The van der Waals surface area contributed by atoms with Gasteiger partial charge in [-0.25, -0.2) is 0 Å². The standard InChI is InChI=1S/C90H70N2O2/c1-55-29-21-23-45-73(55)91(75-47-27-41-67-65-39-25-43-71(89(3,4)5)85(65)93-87(67)75)61-49-51-63-69(53-61)79(59-35-17-11-18-36-59)83-81(77(63)57-31-13-9-14-32-57)82-78(58-33-15-10-16-34-58)64-52-50-62(54-70(64)80(84(82)83)60-37-19-12-20-38-60)92(74-46-24-22-30-56(74)2)76-48-28-42-68-66-40-26-44-72(90(6,7)8)86(66)94-88(68)76/h9-54H,1-8H3. The monoisotopic (exact) mass is 1210 g/mol. The van der Waals surface area contributed by atoms with E-state index in [1.165, 1.54) is 66.4 Å². The van der Waals surface area contributed by atoms with E-state index >= 15 is 0 Å². The van der Waals surface area contributed by atoms with Crippen LogP contribution < -0.4 is 9.80 Å². The molecule has 0 bridgehead atoms. The van der Waals surface area contributed by atoms with Gasteiger partial charge >= 0.3 is 0 Å². The van der Waals surface area contributed by atoms with E-state index in [2.05, 4.69) is 344 Å². The van der Waals surface area contributed by atoms with Gasteiger partial charge in [-0.3, -0.25) is 0 Å². The third-order valence-corrected chi connectivity index (χ3v) is 19.7. The van der Waals surface area contributed by atoms with Crippen LogP contribution in [0.15, 0.2) is 288 Å². The van der Waals surface area contributed by atoms with Gasteiger partial charge in [-0.2, -0.15) is 0 Å². The fourth-order valence-corrected chi connectivity index (χ4v) is 15.4. The van der Waals surface area contributed by atoms with E-state index in [0.29, 0.717) is 0 Å². The summed E-state index contributed by atoms with van der Waals surface area (Å²) in [7, 11) is 0. The summed E-state index contributed by atoms with van der Waals surface area (Å²) >= 11 is 0. The molecule has 2 heterocycles. The minimum Gasteiger partial charge on any atom is -0.454 e. The van der Waals surface area contributed by atoms with Gasteiger partial charge in [0, 0.05) is 55.4 Å². The maximum Gasteiger partial charge on any atom is 0.159 e. The zero-order valence-electron chi connectivity index (χ0n) is 54.3. The Kier molecular flexibility index (Phi) is 13.1. The second-order valence-electron chi connectivity index (χ2n) is 27.5. The first-order valence-corrected chi connectivity index (χ1v) is 32.9. The number of hydrogen-bond acceptors (Lipinski definition) is 4. The molecular formula is C90H70N2O2. The first kappa shape index (κ1) is 56.8. The van der Waals surface area contributed by atoms with Crippen LogP contribution in [0.2, 0.25) is 0 Å². The Labute approximate surface area is 549 Å². The van der Waals surface area contributed by atoms with Gasteiger partial charge in [0.2, 0.25) is 0 Å². The number of para-hydroxylation sites is 6. The zero-order valence-corrected chi connectivity index (χ0v) is 54.3. The lowest BCUT2D eigenvalue weighted by Gasteiger charge is -2.38. The minimum absolute atomic E-state index is 0.132. The summed E-state index contributed by atoms with van der Waals surface area (Å²) < 4.78 is 14.5. The van der Waals surface area contributed by atoms with Gasteiger partial charge in [0.15, 0.2) is 11.2 Å². The molecule has 17 rings (SSSR count). The van der Waals surface area contributed by atoms with Crippen molar-refractivity contribution < 1.29 is 8.83 Å². The van der Waals surface area contributed by atoms with Crippen molar-refractivity contribution >= 4 is 99.5 Å². The van der Waals surface area contributed by atoms with E-state index in [1.54, 1.807) is 0 Å². The lowest BCUT2D eigenvalue weighted by Crippen LogP contribution is -2.13. The summed E-state index contributed by atoms with van der Waals surface area (Å²) in [6.07, 6.45) is 0. The van der Waals surface area contributed by atoms with E-state index in [-0.39, 0.29) is 10.8 Å². The van der Waals surface area contributed by atoms with E-state index in [4.69, 9.17) is 8.83 Å². The second kappa shape index (κ2) is 21.7. The van der Waals surface area contributed by atoms with Crippen LogP contribution in [0.4, 0.5) is 34.1 Å². The molecule has 4 heteroatoms. The minimum atomic E-state index is -0.132. The van der Waals surface area contributed by atoms with Crippen molar-refractivity contribution in [2.45, 2.75) is 66.2 Å². The largest absolute Gasteiger partial charge is 0.454 e. The highest BCUT2D eigenvalue weighted by molar-refractivity contribution is 6.33. The molecule has 16 aromatic rings. The molecule has 0 unspecified atom stereocenters. The molecule has 2 aromatic heterocycles. The van der Waals surface area contributed by atoms with Gasteiger partial charge in [0.1, 0.15) is 11.2 Å². The first-order valence-electron chi connectivity index (χ1n) is 32.9. The van der Waals surface area contributed by atoms with Crippen molar-refractivity contribution in [3.63, 3.8) is 0 Å². The number of nitrogens with zero attached hydrogens (tertiary/aromatic N) is 2. The predicted octanol–water partition coefficient (Wildman–Crippen LogP) is 26.3. The van der Waals surface area contributed by atoms with Crippen LogP contribution in [0.25, 0.3) is 132 Å². The smallest absolute Gasteiger partial charge is 0.159 e. The maximum absolute atomic E-state index is 7.26. The highest BCUT2D eigenvalue weighted by Gasteiger charge is 2.40. The molecule has 0 aliphatic heterocycles. The van der Waals surface area contributed by atoms with Crippen LogP contribution in [0, 0.1) is 13.8 Å². The highest BCUT2D eigenvalue weighted by Crippen LogP contribution is 2.66. The van der Waals surface area contributed by atoms with Gasteiger partial charge < -0.3 is 18.6 Å². The number of rotatable bonds is 10. The normalized spacial score (nSPS) is 12.3. The van der Waals surface area contributed by atoms with Crippen molar-refractivity contribution in [2.75, 3.05) is 9.80 Å². The molecule has 452 valence electrons. The fourth-order valence-electron chi connectivity index (χ4n) is 15.4. The van der Waals surface area contributed by atoms with E-state index in [9.17, 15) is 0 Å². The number of aryl methyl sites for hydroxylation is 2. The summed E-state index contributed by atoms with van der Waals surface area (Å²) in [6.45, 7) is 18.0. The number of anilines is 6. The van der Waals surface area contributed by atoms with Crippen LogP contribution in [-0.2, 0) is 10.8 Å². The molecule has 0 N–H and O–H groups in total. The molecule has 0 fully saturated rings. The molecule has 0 amide bonds. The number of fused-ring (bicyclic) bond motifs is 12. The molecule has 1 aliphatic carbocycles. The average Bonchev–Trinajstić information content (AvgIpc) is 0.909.